The molecular formula is C22H19F3N4O2. The molecule has 0 saturated carbocycles. The lowest BCUT2D eigenvalue weighted by molar-refractivity contribution is -0.131. The van der Waals surface area contributed by atoms with Gasteiger partial charge in [-0.15, -0.1) is 0 Å². The Morgan fingerprint density at radius 3 is 2.68 bits per heavy atom. The Balaban J connectivity index is 1.66. The third-order valence-corrected chi connectivity index (χ3v) is 4.94. The molecule has 1 aromatic carbocycles. The number of hydrogen-bond acceptors (Lipinski definition) is 4. The number of rotatable bonds is 6. The summed E-state index contributed by atoms with van der Waals surface area (Å²) in [6.45, 7) is 2.59. The van der Waals surface area contributed by atoms with Gasteiger partial charge in [0.15, 0.2) is 0 Å². The van der Waals surface area contributed by atoms with Gasteiger partial charge in [0.2, 0.25) is 5.91 Å². The molecule has 1 saturated heterocycles. The van der Waals surface area contributed by atoms with Crippen LogP contribution in [0, 0.1) is 17.1 Å². The number of nitriles is 1. The highest BCUT2D eigenvalue weighted by molar-refractivity contribution is 5.98. The Kier molecular flexibility index (Phi) is 6.39. The van der Waals surface area contributed by atoms with Gasteiger partial charge in [0.05, 0.1) is 19.2 Å². The zero-order valence-corrected chi connectivity index (χ0v) is 16.4. The normalized spacial score (nSPS) is 17.1. The van der Waals surface area contributed by atoms with Gasteiger partial charge in [0.1, 0.15) is 11.9 Å². The van der Waals surface area contributed by atoms with Gasteiger partial charge in [-0.3, -0.25) is 14.6 Å². The molecule has 1 aliphatic heterocycles. The molecule has 2 heterocycles. The second kappa shape index (κ2) is 9.00. The zero-order valence-electron chi connectivity index (χ0n) is 16.4. The predicted molar refractivity (Wildman–Crippen MR) is 106 cm³/mol. The van der Waals surface area contributed by atoms with Gasteiger partial charge in [0.25, 0.3) is 11.8 Å². The Morgan fingerprint density at radius 2 is 2.00 bits per heavy atom. The molecular weight excluding hydrogens is 409 g/mol. The van der Waals surface area contributed by atoms with Gasteiger partial charge in [-0.1, -0.05) is 18.7 Å². The zero-order chi connectivity index (χ0) is 22.6. The number of allylic oxidation sites excluding steroid dienone is 1. The first-order chi connectivity index (χ1) is 14.7. The topological polar surface area (TPSA) is 86.1 Å². The summed E-state index contributed by atoms with van der Waals surface area (Å²) in [4.78, 5) is 29.7. The quantitative estimate of drug-likeness (QED) is 0.767. The number of alkyl halides is 2. The van der Waals surface area contributed by atoms with E-state index in [1.807, 2.05) is 0 Å². The summed E-state index contributed by atoms with van der Waals surface area (Å²) in [5, 5.41) is 11.4. The minimum Gasteiger partial charge on any atom is -0.343 e. The molecule has 0 radical (unpaired) electrons. The summed E-state index contributed by atoms with van der Waals surface area (Å²) in [6, 6.07) is 7.69. The van der Waals surface area contributed by atoms with Crippen LogP contribution in [0.1, 0.15) is 27.9 Å². The van der Waals surface area contributed by atoms with E-state index in [9.17, 15) is 22.8 Å². The average Bonchev–Trinajstić information content (AvgIpc) is 3.07. The fourth-order valence-electron chi connectivity index (χ4n) is 3.35. The SMILES string of the molecule is C=C(Cc1cnccc1C(=O)NCC(=O)N1CC(F)(F)C[C@H]1C#N)c1ccc(F)cc1. The summed E-state index contributed by atoms with van der Waals surface area (Å²) >= 11 is 0. The predicted octanol–water partition coefficient (Wildman–Crippen LogP) is 2.97. The molecule has 1 fully saturated rings. The van der Waals surface area contributed by atoms with Crippen LogP contribution < -0.4 is 5.32 Å². The lowest BCUT2D eigenvalue weighted by Crippen LogP contribution is -2.43. The Hall–Kier alpha value is -3.67. The highest BCUT2D eigenvalue weighted by atomic mass is 19.3. The number of carbonyl (C=O) groups excluding carboxylic acids is 2. The smallest absolute Gasteiger partial charge is 0.268 e. The molecule has 3 rings (SSSR count). The number of amides is 2. The molecule has 0 unspecified atom stereocenters. The van der Waals surface area contributed by atoms with Crippen LogP contribution in [0.3, 0.4) is 0 Å². The number of benzene rings is 1. The number of aromatic nitrogens is 1. The fraction of sp³-hybridized carbons (Fsp3) is 0.273. The summed E-state index contributed by atoms with van der Waals surface area (Å²) in [6.07, 6.45) is 2.43. The second-order valence-corrected chi connectivity index (χ2v) is 7.23. The number of hydrogen-bond donors (Lipinski definition) is 1. The highest BCUT2D eigenvalue weighted by Gasteiger charge is 2.47. The average molecular weight is 428 g/mol. The molecule has 0 spiro atoms. The standard InChI is InChI=1S/C22H19F3N4O2/c1-14(15-2-4-17(23)5-3-15)8-16-11-27-7-6-19(16)21(31)28-12-20(30)29-13-22(24,25)9-18(29)10-26/h2-7,11,18H,1,8-9,12-13H2,(H,28,31)/t18-/m0/s1. The van der Waals surface area contributed by atoms with Crippen molar-refractivity contribution in [2.24, 2.45) is 0 Å². The number of carbonyl (C=O) groups is 2. The van der Waals surface area contributed by atoms with Gasteiger partial charge in [-0.05, 0) is 41.3 Å². The van der Waals surface area contributed by atoms with Gasteiger partial charge in [-0.25, -0.2) is 13.2 Å². The molecule has 9 heteroatoms. The van der Waals surface area contributed by atoms with Crippen LogP contribution in [0.25, 0.3) is 5.57 Å². The summed E-state index contributed by atoms with van der Waals surface area (Å²) < 4.78 is 40.2. The second-order valence-electron chi connectivity index (χ2n) is 7.23. The number of pyridine rings is 1. The summed E-state index contributed by atoms with van der Waals surface area (Å²) in [7, 11) is 0. The Labute approximate surface area is 177 Å². The Bertz CT molecular complexity index is 1050. The summed E-state index contributed by atoms with van der Waals surface area (Å²) in [5.41, 5.74) is 2.11. The monoisotopic (exact) mass is 428 g/mol. The van der Waals surface area contributed by atoms with Gasteiger partial charge in [0, 0.05) is 24.4 Å². The van der Waals surface area contributed by atoms with Crippen LogP contribution in [0.4, 0.5) is 13.2 Å². The van der Waals surface area contributed by atoms with Crippen molar-refractivity contribution < 1.29 is 22.8 Å². The minimum absolute atomic E-state index is 0.245. The Morgan fingerprint density at radius 1 is 1.29 bits per heavy atom. The van der Waals surface area contributed by atoms with Crippen LogP contribution >= 0.6 is 0 Å². The maximum Gasteiger partial charge on any atom is 0.268 e. The van der Waals surface area contributed by atoms with Crippen molar-refractivity contribution >= 4 is 17.4 Å². The first-order valence-electron chi connectivity index (χ1n) is 9.42. The van der Waals surface area contributed by atoms with E-state index in [0.29, 0.717) is 16.7 Å². The molecule has 0 bridgehead atoms. The number of nitrogens with one attached hydrogen (secondary N) is 1. The van der Waals surface area contributed by atoms with Crippen molar-refractivity contribution in [3.05, 3.63) is 71.8 Å². The van der Waals surface area contributed by atoms with Crippen molar-refractivity contribution in [1.82, 2.24) is 15.2 Å². The van der Waals surface area contributed by atoms with Crippen LogP contribution in [0.15, 0.2) is 49.3 Å². The van der Waals surface area contributed by atoms with E-state index in [2.05, 4.69) is 16.9 Å². The minimum atomic E-state index is -3.13. The van der Waals surface area contributed by atoms with Crippen LogP contribution in [-0.4, -0.2) is 46.8 Å². The van der Waals surface area contributed by atoms with E-state index in [1.165, 1.54) is 30.6 Å². The van der Waals surface area contributed by atoms with E-state index in [1.54, 1.807) is 18.2 Å². The van der Waals surface area contributed by atoms with E-state index < -0.39 is 43.3 Å². The molecule has 2 aromatic rings. The number of nitrogens with zero attached hydrogens (tertiary/aromatic N) is 3. The first kappa shape index (κ1) is 22.0. The third-order valence-electron chi connectivity index (χ3n) is 4.94. The van der Waals surface area contributed by atoms with Crippen LogP contribution in [0.2, 0.25) is 0 Å². The van der Waals surface area contributed by atoms with Gasteiger partial charge < -0.3 is 10.2 Å². The molecule has 0 aliphatic carbocycles. The van der Waals surface area contributed by atoms with Crippen molar-refractivity contribution in [3.63, 3.8) is 0 Å². The van der Waals surface area contributed by atoms with Gasteiger partial charge in [-0.2, -0.15) is 5.26 Å². The molecule has 160 valence electrons. The summed E-state index contributed by atoms with van der Waals surface area (Å²) in [5.74, 6) is -4.85. The lowest BCUT2D eigenvalue weighted by atomic mass is 9.97. The maximum absolute atomic E-state index is 13.5. The van der Waals surface area contributed by atoms with E-state index in [-0.39, 0.29) is 17.8 Å². The fourth-order valence-corrected chi connectivity index (χ4v) is 3.35. The molecule has 31 heavy (non-hydrogen) atoms. The van der Waals surface area contributed by atoms with Crippen molar-refractivity contribution in [1.29, 1.82) is 5.26 Å². The largest absolute Gasteiger partial charge is 0.343 e. The lowest BCUT2D eigenvalue weighted by Gasteiger charge is -2.19. The number of likely N-dealkylation sites (tertiary alicyclic amines) is 1. The molecule has 1 aliphatic rings. The van der Waals surface area contributed by atoms with Crippen molar-refractivity contribution in [2.45, 2.75) is 24.8 Å². The van der Waals surface area contributed by atoms with Crippen molar-refractivity contribution in [3.8, 4) is 6.07 Å². The van der Waals surface area contributed by atoms with Crippen LogP contribution in [-0.2, 0) is 11.2 Å². The van der Waals surface area contributed by atoms with E-state index in [4.69, 9.17) is 5.26 Å². The van der Waals surface area contributed by atoms with Crippen molar-refractivity contribution in [2.75, 3.05) is 13.1 Å². The molecule has 1 N–H and O–H groups in total. The number of halogens is 3. The van der Waals surface area contributed by atoms with Crippen LogP contribution in [0.5, 0.6) is 0 Å². The molecule has 2 amide bonds. The molecule has 1 aromatic heterocycles. The molecule has 6 nitrogen and oxygen atoms in total. The van der Waals surface area contributed by atoms with E-state index >= 15 is 0 Å². The van der Waals surface area contributed by atoms with E-state index in [0.717, 1.165) is 4.90 Å². The maximum atomic E-state index is 13.5. The first-order valence-corrected chi connectivity index (χ1v) is 9.42. The van der Waals surface area contributed by atoms with Gasteiger partial charge >= 0.3 is 0 Å². The third kappa shape index (κ3) is 5.28. The molecule has 1 atom stereocenters. The highest BCUT2D eigenvalue weighted by Crippen LogP contribution is 2.31.